The summed E-state index contributed by atoms with van der Waals surface area (Å²) in [6.07, 6.45) is 0. The summed E-state index contributed by atoms with van der Waals surface area (Å²) in [7, 11) is 3.02. The van der Waals surface area contributed by atoms with Crippen LogP contribution in [0.3, 0.4) is 0 Å². The average Bonchev–Trinajstić information content (AvgIpc) is 1.87. The van der Waals surface area contributed by atoms with Crippen LogP contribution in [0.25, 0.3) is 0 Å². The second-order valence-electron chi connectivity index (χ2n) is 1.39. The predicted molar refractivity (Wildman–Crippen MR) is 30.4 cm³/mol. The molecule has 0 N–H and O–H groups in total. The van der Waals surface area contributed by atoms with Crippen LogP contribution in [-0.2, 0) is 13.3 Å². The molecule has 0 bridgehead atoms. The first-order valence-corrected chi connectivity index (χ1v) is 2.64. The molecule has 0 rings (SSSR count). The summed E-state index contributed by atoms with van der Waals surface area (Å²) < 4.78 is 14.3. The van der Waals surface area contributed by atoms with Crippen molar-refractivity contribution in [2.75, 3.05) is 14.2 Å². The van der Waals surface area contributed by atoms with Crippen molar-refractivity contribution in [2.45, 2.75) is 12.9 Å². The van der Waals surface area contributed by atoms with Crippen molar-refractivity contribution >= 4 is 16.6 Å². The molecule has 2 radical (unpaired) electrons. The van der Waals surface area contributed by atoms with E-state index in [1.165, 1.54) is 14.2 Å². The molecule has 0 saturated carbocycles. The summed E-state index contributed by atoms with van der Waals surface area (Å²) in [5.74, 6) is -0.912. The smallest absolute Gasteiger partial charge is 1.00 e. The maximum Gasteiger partial charge on any atom is 1.00 e. The molecular weight excluding hydrogens is 146 g/mol. The van der Waals surface area contributed by atoms with Crippen LogP contribution in [0.2, 0.25) is 0 Å². The second-order valence-corrected chi connectivity index (χ2v) is 1.62. The van der Waals surface area contributed by atoms with Crippen molar-refractivity contribution in [1.82, 2.24) is 0 Å². The van der Waals surface area contributed by atoms with Gasteiger partial charge in [-0.2, -0.15) is 0 Å². The molecule has 3 nitrogen and oxygen atoms in total. The van der Waals surface area contributed by atoms with E-state index in [1.54, 1.807) is 6.92 Å². The number of methoxy groups -OCH3 is 2. The molecule has 0 aliphatic heterocycles. The van der Waals surface area contributed by atoms with Crippen molar-refractivity contribution in [3.63, 3.8) is 0 Å². The third-order valence-corrected chi connectivity index (χ3v) is 1.38. The molecule has 48 valence electrons. The maximum absolute atomic E-state index is 4.77. The van der Waals surface area contributed by atoms with Crippen molar-refractivity contribution in [2.24, 2.45) is 0 Å². The van der Waals surface area contributed by atoms with E-state index in [1.807, 2.05) is 0 Å². The fourth-order valence-electron chi connectivity index (χ4n) is 0.180. The van der Waals surface area contributed by atoms with Crippen LogP contribution in [0.15, 0.2) is 0 Å². The van der Waals surface area contributed by atoms with Gasteiger partial charge in [0.15, 0.2) is 0 Å². The molecule has 9 heavy (non-hydrogen) atoms. The minimum atomic E-state index is -0.912. The van der Waals surface area contributed by atoms with E-state index < -0.39 is 5.97 Å². The van der Waals surface area contributed by atoms with E-state index in [0.29, 0.717) is 0 Å². The maximum atomic E-state index is 4.77. The van der Waals surface area contributed by atoms with Gasteiger partial charge in [0.2, 0.25) is 0 Å². The van der Waals surface area contributed by atoms with Crippen LogP contribution in [0.1, 0.15) is 8.35 Å². The molecule has 0 heterocycles. The Hall–Kier alpha value is 1.41. The van der Waals surface area contributed by atoms with Crippen LogP contribution < -0.4 is 29.6 Å². The molecular formula is C4H10AlNaO3. The third kappa shape index (κ3) is 4.77. The first kappa shape index (κ1) is 13.0. The molecule has 0 amide bonds. The van der Waals surface area contributed by atoms with Crippen LogP contribution in [0.5, 0.6) is 0 Å². The second kappa shape index (κ2) is 6.14. The molecule has 0 aromatic rings. The van der Waals surface area contributed by atoms with E-state index in [2.05, 4.69) is 16.6 Å². The number of hydrogen-bond acceptors (Lipinski definition) is 3. The molecule has 0 aromatic carbocycles. The van der Waals surface area contributed by atoms with Crippen molar-refractivity contribution in [3.05, 3.63) is 0 Å². The first-order chi connectivity index (χ1) is 3.68. The standard InChI is InChI=1S/C4H9O3.Al.Na.H/c1-4(5,6-2)7-3;;;/h1-3H3;;;/q-1;2*+1;-1. The van der Waals surface area contributed by atoms with Crippen LogP contribution in [-0.4, -0.2) is 36.8 Å². The van der Waals surface area contributed by atoms with E-state index >= 15 is 0 Å². The van der Waals surface area contributed by atoms with E-state index in [9.17, 15) is 0 Å². The Kier molecular flexibility index (Phi) is 8.90. The molecule has 5 heteroatoms. The largest absolute Gasteiger partial charge is 1.00 e. The van der Waals surface area contributed by atoms with Gasteiger partial charge in [-0.15, -0.1) is 0 Å². The molecule has 0 spiro atoms. The predicted octanol–water partition coefficient (Wildman–Crippen LogP) is -2.83. The monoisotopic (exact) mass is 156 g/mol. The topological polar surface area (TPSA) is 27.7 Å². The third-order valence-electron chi connectivity index (χ3n) is 0.956. The van der Waals surface area contributed by atoms with Gasteiger partial charge in [-0.3, -0.25) is 0 Å². The summed E-state index contributed by atoms with van der Waals surface area (Å²) in [5.41, 5.74) is 0. The van der Waals surface area contributed by atoms with Gasteiger partial charge in [0.25, 0.3) is 5.97 Å². The van der Waals surface area contributed by atoms with E-state index in [4.69, 9.17) is 13.3 Å². The summed E-state index contributed by atoms with van der Waals surface area (Å²) in [6, 6.07) is 0. The fraction of sp³-hybridized carbons (Fsp3) is 1.00. The van der Waals surface area contributed by atoms with Gasteiger partial charge in [-0.1, -0.05) is 0 Å². The minimum Gasteiger partial charge on any atom is -1.00 e. The molecule has 0 fully saturated rings. The zero-order chi connectivity index (χ0) is 6.62. The van der Waals surface area contributed by atoms with Gasteiger partial charge in [-0.05, 0) is 0 Å². The summed E-state index contributed by atoms with van der Waals surface area (Å²) in [4.78, 5) is 0. The quantitative estimate of drug-likeness (QED) is 0.325. The number of hydrogen-bond donors (Lipinski definition) is 0. The summed E-state index contributed by atoms with van der Waals surface area (Å²) in [5, 5.41) is 0. The Balaban J connectivity index is -0.000000245. The van der Waals surface area contributed by atoms with Gasteiger partial charge >= 0.3 is 46.2 Å². The Morgan fingerprint density at radius 1 is 1.33 bits per heavy atom. The molecule has 0 aliphatic rings. The van der Waals surface area contributed by atoms with Gasteiger partial charge in [0.1, 0.15) is 0 Å². The van der Waals surface area contributed by atoms with Crippen molar-refractivity contribution in [1.29, 1.82) is 0 Å². The molecule has 0 aliphatic carbocycles. The van der Waals surface area contributed by atoms with E-state index in [-0.39, 0.29) is 31.0 Å². The normalized spacial score (nSPS) is 10.6. The summed E-state index contributed by atoms with van der Waals surface area (Å²) in [6.45, 7) is 1.67. The molecule has 0 aromatic heterocycles. The van der Waals surface area contributed by atoms with Gasteiger partial charge in [0, 0.05) is 21.1 Å². The van der Waals surface area contributed by atoms with Crippen LogP contribution >= 0.6 is 0 Å². The molecule has 0 atom stereocenters. The Morgan fingerprint density at radius 2 is 1.67 bits per heavy atom. The van der Waals surface area contributed by atoms with Crippen molar-refractivity contribution in [3.8, 4) is 0 Å². The zero-order valence-electron chi connectivity index (χ0n) is 7.30. The molecule has 0 unspecified atom stereocenters. The van der Waals surface area contributed by atoms with Crippen LogP contribution in [0, 0.1) is 0 Å². The SMILES string of the molecule is COC(C)(OC)[O][Al].[H-].[Na+]. The van der Waals surface area contributed by atoms with Crippen molar-refractivity contribution < 1.29 is 44.2 Å². The first-order valence-electron chi connectivity index (χ1n) is 2.16. The zero-order valence-corrected chi connectivity index (χ0v) is 9.46. The minimum absolute atomic E-state index is 0. The number of ether oxygens (including phenoxy) is 2. The molecule has 0 saturated heterocycles. The van der Waals surface area contributed by atoms with Crippen LogP contribution in [0.4, 0.5) is 0 Å². The number of rotatable bonds is 3. The summed E-state index contributed by atoms with van der Waals surface area (Å²) >= 11 is 2.06. The Morgan fingerprint density at radius 3 is 1.67 bits per heavy atom. The van der Waals surface area contributed by atoms with Gasteiger partial charge < -0.3 is 14.7 Å². The average molecular weight is 156 g/mol. The fourth-order valence-corrected chi connectivity index (χ4v) is 0.372. The van der Waals surface area contributed by atoms with Gasteiger partial charge in [0.05, 0.1) is 0 Å². The Labute approximate surface area is 87.6 Å². The van der Waals surface area contributed by atoms with Gasteiger partial charge in [-0.25, -0.2) is 0 Å². The van der Waals surface area contributed by atoms with E-state index in [0.717, 1.165) is 0 Å². The Bertz CT molecular complexity index is 63.3.